The highest BCUT2D eigenvalue weighted by Gasteiger charge is 2.45. The first-order valence-corrected chi connectivity index (χ1v) is 14.5. The van der Waals surface area contributed by atoms with Gasteiger partial charge >= 0.3 is 0 Å². The minimum atomic E-state index is -4.11. The van der Waals surface area contributed by atoms with Crippen LogP contribution < -0.4 is 5.32 Å². The number of amides is 1. The van der Waals surface area contributed by atoms with Gasteiger partial charge in [0.05, 0.1) is 4.90 Å². The van der Waals surface area contributed by atoms with Gasteiger partial charge in [-0.25, -0.2) is 21.2 Å². The largest absolute Gasteiger partial charge is 0.508 e. The highest BCUT2D eigenvalue weighted by Crippen LogP contribution is 2.38. The molecule has 12 heteroatoms. The third kappa shape index (κ3) is 6.40. The van der Waals surface area contributed by atoms with E-state index in [2.05, 4.69) is 5.32 Å². The Balaban J connectivity index is 1.79. The van der Waals surface area contributed by atoms with Gasteiger partial charge in [0.2, 0.25) is 10.0 Å². The highest BCUT2D eigenvalue weighted by atomic mass is 35.5. The fourth-order valence-electron chi connectivity index (χ4n) is 3.72. The van der Waals surface area contributed by atoms with Gasteiger partial charge in [-0.2, -0.15) is 4.31 Å². The lowest BCUT2D eigenvalue weighted by Crippen LogP contribution is -2.53. The second kappa shape index (κ2) is 10.3. The summed E-state index contributed by atoms with van der Waals surface area (Å²) in [6, 6.07) is 9.68. The van der Waals surface area contributed by atoms with Gasteiger partial charge in [-0.05, 0) is 31.2 Å². The van der Waals surface area contributed by atoms with E-state index in [9.17, 15) is 26.7 Å². The molecule has 8 nitrogen and oxygen atoms in total. The molecule has 1 amide bonds. The van der Waals surface area contributed by atoms with E-state index in [1.54, 1.807) is 24.3 Å². The Morgan fingerprint density at radius 2 is 1.77 bits per heavy atom. The molecule has 3 rings (SSSR count). The summed E-state index contributed by atoms with van der Waals surface area (Å²) in [5.74, 6) is -1.07. The lowest BCUT2D eigenvalue weighted by molar-refractivity contribution is -0.135. The van der Waals surface area contributed by atoms with E-state index in [-0.39, 0.29) is 42.1 Å². The van der Waals surface area contributed by atoms with Crippen molar-refractivity contribution in [1.82, 2.24) is 9.62 Å². The van der Waals surface area contributed by atoms with E-state index in [0.717, 1.165) is 16.0 Å². The maximum absolute atomic E-state index is 15.4. The smallest absolute Gasteiger partial charge is 0.258 e. The number of sulfonamides is 1. The molecular weight excluding hydrogens is 519 g/mol. The number of hydrogen-bond acceptors (Lipinski definition) is 6. The maximum atomic E-state index is 15.4. The number of rotatable bonds is 7. The highest BCUT2D eigenvalue weighted by molar-refractivity contribution is 7.93. The molecule has 2 aromatic rings. The lowest BCUT2D eigenvalue weighted by Gasteiger charge is -2.35. The second-order valence-corrected chi connectivity index (χ2v) is 12.7. The first kappa shape index (κ1) is 27.1. The number of aromatic hydroxyl groups is 1. The van der Waals surface area contributed by atoms with Gasteiger partial charge in [-0.15, -0.1) is 0 Å². The molecule has 0 bridgehead atoms. The van der Waals surface area contributed by atoms with Gasteiger partial charge in [-0.3, -0.25) is 4.79 Å². The summed E-state index contributed by atoms with van der Waals surface area (Å²) in [5.41, 5.74) is -1.69. The number of phenols is 1. The van der Waals surface area contributed by atoms with Crippen LogP contribution in [-0.2, 0) is 24.7 Å². The minimum Gasteiger partial charge on any atom is -0.508 e. The summed E-state index contributed by atoms with van der Waals surface area (Å²) < 4.78 is 65.8. The van der Waals surface area contributed by atoms with E-state index in [1.807, 2.05) is 0 Å². The Morgan fingerprint density at radius 1 is 1.14 bits per heavy atom. The molecule has 2 aromatic carbocycles. The predicted octanol–water partition coefficient (Wildman–Crippen LogP) is 3.27. The van der Waals surface area contributed by atoms with Crippen molar-refractivity contribution in [2.75, 3.05) is 19.3 Å². The number of nitrogens with one attached hydrogen (secondary N) is 1. The molecule has 190 valence electrons. The molecule has 0 aliphatic carbocycles. The Morgan fingerprint density at radius 3 is 2.37 bits per heavy atom. The molecule has 1 fully saturated rings. The topological polar surface area (TPSA) is 121 Å². The number of halogens is 2. The molecule has 0 unspecified atom stereocenters. The third-order valence-corrected chi connectivity index (χ3v) is 8.58. The van der Waals surface area contributed by atoms with Gasteiger partial charge in [-0.1, -0.05) is 35.9 Å². The van der Waals surface area contributed by atoms with Crippen molar-refractivity contribution in [3.63, 3.8) is 0 Å². The monoisotopic (exact) mass is 544 g/mol. The number of piperidine rings is 1. The number of carbonyl (C=O) groups is 1. The number of sulfone groups is 1. The van der Waals surface area contributed by atoms with Crippen molar-refractivity contribution in [2.45, 2.75) is 36.4 Å². The van der Waals surface area contributed by atoms with Crippen molar-refractivity contribution >= 4 is 37.4 Å². The fourth-order valence-corrected chi connectivity index (χ4v) is 6.11. The van der Waals surface area contributed by atoms with E-state index in [0.29, 0.717) is 10.6 Å². The maximum Gasteiger partial charge on any atom is 0.258 e. The van der Waals surface area contributed by atoms with E-state index < -0.39 is 37.5 Å². The molecule has 0 saturated carbocycles. The zero-order chi connectivity index (χ0) is 26.0. The first-order chi connectivity index (χ1) is 16.2. The summed E-state index contributed by atoms with van der Waals surface area (Å²) in [6.45, 7) is 1.01. The lowest BCUT2D eigenvalue weighted by atomic mass is 9.93. The van der Waals surface area contributed by atoms with Gasteiger partial charge in [0.1, 0.15) is 5.75 Å². The predicted molar refractivity (Wildman–Crippen MR) is 132 cm³/mol. The molecule has 1 saturated heterocycles. The van der Waals surface area contributed by atoms with Gasteiger partial charge in [0, 0.05) is 59.8 Å². The summed E-state index contributed by atoms with van der Waals surface area (Å²) in [7, 11) is -7.51. The second-order valence-electron chi connectivity index (χ2n) is 8.45. The van der Waals surface area contributed by atoms with Crippen LogP contribution in [0.4, 0.5) is 4.39 Å². The van der Waals surface area contributed by atoms with Crippen LogP contribution >= 0.6 is 11.6 Å². The molecule has 1 atom stereocenters. The van der Waals surface area contributed by atoms with E-state index in [4.69, 9.17) is 11.6 Å². The van der Waals surface area contributed by atoms with E-state index >= 15 is 4.39 Å². The summed E-state index contributed by atoms with van der Waals surface area (Å²) >= 11 is 6.26. The molecule has 35 heavy (non-hydrogen) atoms. The Hall–Kier alpha value is -2.47. The summed E-state index contributed by atoms with van der Waals surface area (Å²) in [6.07, 6.45) is 1.48. The van der Waals surface area contributed by atoms with Crippen LogP contribution in [0.1, 0.15) is 19.8 Å². The average molecular weight is 545 g/mol. The van der Waals surface area contributed by atoms with Crippen LogP contribution in [-0.4, -0.2) is 63.2 Å². The zero-order valence-corrected chi connectivity index (χ0v) is 21.5. The molecular formula is C23H26ClFN2O6S2. The van der Waals surface area contributed by atoms with Gasteiger partial charge in [0.25, 0.3) is 5.91 Å². The number of alkyl halides is 1. The van der Waals surface area contributed by atoms with E-state index in [1.165, 1.54) is 31.2 Å². The summed E-state index contributed by atoms with van der Waals surface area (Å²) in [5, 5.41) is 13.6. The first-order valence-electron chi connectivity index (χ1n) is 10.7. The molecule has 0 aromatic heterocycles. The quantitative estimate of drug-likeness (QED) is 0.552. The number of hydrogen-bond donors (Lipinski definition) is 2. The Labute approximate surface area is 209 Å². The summed E-state index contributed by atoms with van der Waals surface area (Å²) in [4.78, 5) is 12.4. The number of benzene rings is 2. The molecule has 1 heterocycles. The van der Waals surface area contributed by atoms with Gasteiger partial charge in [0.15, 0.2) is 15.5 Å². The van der Waals surface area contributed by atoms with Crippen molar-refractivity contribution in [1.29, 1.82) is 0 Å². The molecule has 0 spiro atoms. The number of nitrogens with zero attached hydrogens (tertiary/aromatic N) is 1. The third-order valence-electron chi connectivity index (χ3n) is 5.64. The number of carbonyl (C=O) groups excluding carboxylic acids is 1. The average Bonchev–Trinajstić information content (AvgIpc) is 2.77. The molecule has 1 aliphatic heterocycles. The van der Waals surface area contributed by atoms with Gasteiger partial charge < -0.3 is 10.4 Å². The van der Waals surface area contributed by atoms with Crippen LogP contribution in [0.2, 0.25) is 5.02 Å². The fraction of sp³-hybridized carbons (Fsp3) is 0.348. The van der Waals surface area contributed by atoms with Crippen molar-refractivity contribution in [3.8, 4) is 16.9 Å². The van der Waals surface area contributed by atoms with Crippen LogP contribution in [0, 0.1) is 0 Å². The molecule has 2 N–H and O–H groups in total. The van der Waals surface area contributed by atoms with Crippen LogP contribution in [0.5, 0.6) is 5.75 Å². The SMILES string of the molecule is C[C@H](/C=C\S(C)(=O)=O)NC(=O)C1(F)CCN(S(=O)(=O)c2ccc(O)cc2-c2ccccc2Cl)CC1. The Bertz CT molecular complexity index is 1350. The van der Waals surface area contributed by atoms with Crippen molar-refractivity contribution < 1.29 is 31.1 Å². The number of phenolic OH excluding ortho intramolecular Hbond substituents is 1. The molecule has 1 aliphatic rings. The van der Waals surface area contributed by atoms with Crippen LogP contribution in [0.15, 0.2) is 58.8 Å². The zero-order valence-electron chi connectivity index (χ0n) is 19.1. The normalized spacial score (nSPS) is 17.8. The Kier molecular flexibility index (Phi) is 7.95. The van der Waals surface area contributed by atoms with Crippen LogP contribution in [0.25, 0.3) is 11.1 Å². The van der Waals surface area contributed by atoms with Crippen molar-refractivity contribution in [3.05, 3.63) is 59.0 Å². The van der Waals surface area contributed by atoms with Crippen LogP contribution in [0.3, 0.4) is 0 Å². The molecule has 0 radical (unpaired) electrons. The minimum absolute atomic E-state index is 0.0984. The standard InChI is InChI=1S/C23H26ClFN2O6S2/c1-16(9-14-34(2,30)31)26-22(29)23(25)10-12-27(13-11-23)35(32,33)21-8-7-17(28)15-19(21)18-5-3-4-6-20(18)24/h3-9,14-16,28H,10-13H2,1-2H3,(H,26,29)/b14-9-/t16-/m1/s1. The van der Waals surface area contributed by atoms with Crippen molar-refractivity contribution in [2.24, 2.45) is 0 Å².